The van der Waals surface area contributed by atoms with Gasteiger partial charge in [0, 0.05) is 12.2 Å². The number of hydrogen-bond acceptors (Lipinski definition) is 5. The fourth-order valence-corrected chi connectivity index (χ4v) is 4.99. The molecule has 0 radical (unpaired) electrons. The fraction of sp³-hybridized carbons (Fsp3) is 0.333. The molecule has 31 heavy (non-hydrogen) atoms. The van der Waals surface area contributed by atoms with Crippen LogP contribution in [0, 0.1) is 6.92 Å². The van der Waals surface area contributed by atoms with Crippen molar-refractivity contribution >= 4 is 55.9 Å². The van der Waals surface area contributed by atoms with Crippen molar-refractivity contribution in [2.24, 2.45) is 5.14 Å². The van der Waals surface area contributed by atoms with Crippen molar-refractivity contribution in [3.63, 3.8) is 0 Å². The summed E-state index contributed by atoms with van der Waals surface area (Å²) in [7, 11) is -3.91. The zero-order valence-corrected chi connectivity index (χ0v) is 19.8. The molecule has 3 N–H and O–H groups in total. The van der Waals surface area contributed by atoms with Crippen molar-refractivity contribution in [2.45, 2.75) is 43.3 Å². The third-order valence-electron chi connectivity index (χ3n) is 4.98. The lowest BCUT2D eigenvalue weighted by Crippen LogP contribution is -2.40. The molecule has 0 saturated heterocycles. The first-order chi connectivity index (χ1) is 14.4. The molecule has 0 aliphatic carbocycles. The second-order valence-electron chi connectivity index (χ2n) is 7.91. The summed E-state index contributed by atoms with van der Waals surface area (Å²) in [6.07, 6.45) is 1.78. The normalized spacial score (nSPS) is 14.2. The summed E-state index contributed by atoms with van der Waals surface area (Å²) in [5.41, 5.74) is 3.39. The number of amides is 2. The number of nitrogens with zero attached hydrogens (tertiary/aromatic N) is 1. The van der Waals surface area contributed by atoms with Gasteiger partial charge in [-0.1, -0.05) is 29.3 Å². The zero-order chi connectivity index (χ0) is 23.0. The number of carbonyl (C=O) groups is 2. The number of carbonyl (C=O) groups excluding carboxylic acids is 2. The molecule has 1 heterocycles. The van der Waals surface area contributed by atoms with Crippen LogP contribution in [0.15, 0.2) is 41.3 Å². The highest BCUT2D eigenvalue weighted by molar-refractivity contribution is 8.15. The van der Waals surface area contributed by atoms with Crippen LogP contribution in [0.1, 0.15) is 31.4 Å². The third-order valence-corrected chi connectivity index (χ3v) is 7.30. The maximum Gasteiger partial charge on any atom is 0.287 e. The molecule has 0 fully saturated rings. The Kier molecular flexibility index (Phi) is 6.71. The predicted octanol–water partition coefficient (Wildman–Crippen LogP) is 4.32. The molecule has 0 atom stereocenters. The lowest BCUT2D eigenvalue weighted by molar-refractivity contribution is -0.117. The number of benzene rings is 2. The summed E-state index contributed by atoms with van der Waals surface area (Å²) in [5, 5.41) is 7.59. The van der Waals surface area contributed by atoms with Crippen molar-refractivity contribution in [1.82, 2.24) is 0 Å². The van der Waals surface area contributed by atoms with E-state index >= 15 is 0 Å². The van der Waals surface area contributed by atoms with Crippen LogP contribution in [0.4, 0.5) is 16.2 Å². The van der Waals surface area contributed by atoms with Crippen LogP contribution < -0.4 is 15.4 Å². The Labute approximate surface area is 191 Å². The van der Waals surface area contributed by atoms with Crippen LogP contribution in [-0.2, 0) is 21.2 Å². The van der Waals surface area contributed by atoms with Gasteiger partial charge in [0.15, 0.2) is 0 Å². The monoisotopic (exact) mass is 481 g/mol. The van der Waals surface area contributed by atoms with E-state index in [1.54, 1.807) is 18.7 Å². The standard InChI is InChI=1S/C21H24ClN3O4S2/c1-13-6-9-18-14(11-13)5-4-10-25(18)20(27)30-21(2,3)19(26)24-17-8-7-15(12-16(17)22)31(23,28)29/h6-9,11-12H,4-5,10H2,1-3H3,(H,24,26)(H2,23,28,29). The number of aryl methyl sites for hydroxylation is 2. The number of nitrogens with two attached hydrogens (primary N) is 1. The van der Waals surface area contributed by atoms with Crippen LogP contribution in [0.5, 0.6) is 0 Å². The number of nitrogens with one attached hydrogen (secondary N) is 1. The number of thioether (sulfide) groups is 1. The lowest BCUT2D eigenvalue weighted by atomic mass is 10.0. The molecule has 1 aliphatic rings. The fourth-order valence-electron chi connectivity index (χ4n) is 3.28. The number of anilines is 2. The zero-order valence-electron chi connectivity index (χ0n) is 17.4. The van der Waals surface area contributed by atoms with E-state index in [2.05, 4.69) is 11.4 Å². The number of fused-ring (bicyclic) bond motifs is 1. The number of rotatable bonds is 4. The maximum atomic E-state index is 13.0. The number of primary sulfonamides is 1. The molecule has 7 nitrogen and oxygen atoms in total. The quantitative estimate of drug-likeness (QED) is 0.675. The molecular weight excluding hydrogens is 458 g/mol. The first-order valence-electron chi connectivity index (χ1n) is 9.62. The molecule has 3 rings (SSSR count). The maximum absolute atomic E-state index is 13.0. The largest absolute Gasteiger partial charge is 0.324 e. The molecule has 0 saturated carbocycles. The van der Waals surface area contributed by atoms with Crippen LogP contribution in [-0.4, -0.2) is 30.9 Å². The van der Waals surface area contributed by atoms with E-state index in [0.717, 1.165) is 41.4 Å². The van der Waals surface area contributed by atoms with E-state index in [-0.39, 0.29) is 20.8 Å². The Balaban J connectivity index is 1.74. The second kappa shape index (κ2) is 8.82. The highest BCUT2D eigenvalue weighted by Crippen LogP contribution is 2.35. The number of sulfonamides is 1. The minimum absolute atomic E-state index is 0.0346. The molecule has 2 amide bonds. The Morgan fingerprint density at radius 3 is 2.55 bits per heavy atom. The first kappa shape index (κ1) is 23.6. The summed E-state index contributed by atoms with van der Waals surface area (Å²) in [6, 6.07) is 9.80. The smallest absolute Gasteiger partial charge is 0.287 e. The van der Waals surface area contributed by atoms with Gasteiger partial charge in [-0.05, 0) is 75.2 Å². The van der Waals surface area contributed by atoms with Gasteiger partial charge in [-0.15, -0.1) is 0 Å². The molecule has 1 aliphatic heterocycles. The SMILES string of the molecule is Cc1ccc2c(c1)CCCN2C(=O)SC(C)(C)C(=O)Nc1ccc(S(N)(=O)=O)cc1Cl. The van der Waals surface area contributed by atoms with Crippen molar-refractivity contribution in [1.29, 1.82) is 0 Å². The van der Waals surface area contributed by atoms with Crippen LogP contribution in [0.25, 0.3) is 0 Å². The molecule has 2 aromatic carbocycles. The molecule has 10 heteroatoms. The Bertz CT molecular complexity index is 1150. The van der Waals surface area contributed by atoms with Gasteiger partial charge in [-0.2, -0.15) is 0 Å². The molecule has 2 aromatic rings. The Morgan fingerprint density at radius 1 is 1.19 bits per heavy atom. The molecule has 0 spiro atoms. The van der Waals surface area contributed by atoms with Gasteiger partial charge < -0.3 is 10.2 Å². The highest BCUT2D eigenvalue weighted by atomic mass is 35.5. The van der Waals surface area contributed by atoms with Crippen molar-refractivity contribution in [3.8, 4) is 0 Å². The number of hydrogen-bond donors (Lipinski definition) is 2. The first-order valence-corrected chi connectivity index (χ1v) is 12.4. The van der Waals surface area contributed by atoms with E-state index in [9.17, 15) is 18.0 Å². The van der Waals surface area contributed by atoms with Gasteiger partial charge in [0.25, 0.3) is 5.24 Å². The third kappa shape index (κ3) is 5.41. The van der Waals surface area contributed by atoms with E-state index in [1.165, 1.54) is 18.2 Å². The molecule has 166 valence electrons. The minimum atomic E-state index is -3.91. The number of halogens is 1. The molecule has 0 bridgehead atoms. The predicted molar refractivity (Wildman–Crippen MR) is 125 cm³/mol. The highest BCUT2D eigenvalue weighted by Gasteiger charge is 2.35. The minimum Gasteiger partial charge on any atom is -0.324 e. The average Bonchev–Trinajstić information content (AvgIpc) is 2.67. The van der Waals surface area contributed by atoms with Crippen LogP contribution in [0.3, 0.4) is 0 Å². The summed E-state index contributed by atoms with van der Waals surface area (Å²) in [4.78, 5) is 27.5. The molecule has 0 aromatic heterocycles. The van der Waals surface area contributed by atoms with Gasteiger partial charge in [0.05, 0.1) is 20.4 Å². The van der Waals surface area contributed by atoms with Crippen molar-refractivity contribution in [2.75, 3.05) is 16.8 Å². The summed E-state index contributed by atoms with van der Waals surface area (Å²) in [5.74, 6) is -0.433. The Hall–Kier alpha value is -2.07. The second-order valence-corrected chi connectivity index (χ2v) is 11.4. The van der Waals surface area contributed by atoms with Crippen molar-refractivity contribution in [3.05, 3.63) is 52.5 Å². The summed E-state index contributed by atoms with van der Waals surface area (Å²) >= 11 is 7.04. The van der Waals surface area contributed by atoms with E-state index in [1.807, 2.05) is 19.1 Å². The summed E-state index contributed by atoms with van der Waals surface area (Å²) < 4.78 is 21.8. The molecular formula is C21H24ClN3O4S2. The van der Waals surface area contributed by atoms with E-state index in [0.29, 0.717) is 6.54 Å². The van der Waals surface area contributed by atoms with Crippen LogP contribution >= 0.6 is 23.4 Å². The lowest BCUT2D eigenvalue weighted by Gasteiger charge is -2.32. The Morgan fingerprint density at radius 2 is 1.90 bits per heavy atom. The van der Waals surface area contributed by atoms with Gasteiger partial charge in [-0.3, -0.25) is 9.59 Å². The van der Waals surface area contributed by atoms with E-state index < -0.39 is 20.7 Å². The molecule has 0 unspecified atom stereocenters. The average molecular weight is 482 g/mol. The topological polar surface area (TPSA) is 110 Å². The van der Waals surface area contributed by atoms with Gasteiger partial charge in [0.2, 0.25) is 15.9 Å². The van der Waals surface area contributed by atoms with Crippen molar-refractivity contribution < 1.29 is 18.0 Å². The van der Waals surface area contributed by atoms with Gasteiger partial charge in [-0.25, -0.2) is 13.6 Å². The van der Waals surface area contributed by atoms with Gasteiger partial charge >= 0.3 is 0 Å². The van der Waals surface area contributed by atoms with Crippen LogP contribution in [0.2, 0.25) is 5.02 Å². The van der Waals surface area contributed by atoms with E-state index in [4.69, 9.17) is 16.7 Å². The summed E-state index contributed by atoms with van der Waals surface area (Å²) in [6.45, 7) is 5.92. The van der Waals surface area contributed by atoms with Gasteiger partial charge in [0.1, 0.15) is 0 Å².